The Kier molecular flexibility index (Phi) is 12.0. The minimum Gasteiger partial charge on any atom is -0.450 e. The number of ether oxygens (including phenoxy) is 1. The van der Waals surface area contributed by atoms with Gasteiger partial charge >= 0.3 is 6.09 Å². The Hall–Kier alpha value is -2.43. The van der Waals surface area contributed by atoms with E-state index >= 15 is 0 Å². The average Bonchev–Trinajstić information content (AvgIpc) is 3.20. The molecule has 1 aromatic heterocycles. The maximum atomic E-state index is 12.0. The number of nitrogen functional groups attached to an aromatic ring is 1. The van der Waals surface area contributed by atoms with Crippen molar-refractivity contribution in [2.24, 2.45) is 0 Å². The summed E-state index contributed by atoms with van der Waals surface area (Å²) in [6.45, 7) is 4.39. The number of aliphatic hydroxyl groups excluding tert-OH is 1. The van der Waals surface area contributed by atoms with Gasteiger partial charge in [-0.2, -0.15) is 0 Å². The Bertz CT molecular complexity index is 1530. The molecular formula is C35H41Br2ClN4O3. The standard InChI is InChI=1S/C22H23ClN2O2.C13H18Br2N2O/c1-2-27-22(26)25-12-9-15(10-13-25)20-19-8-7-18(23)14-17(19)6-5-16-4-3-11-24-21(16)20;14-9-5-8(13(16)12(15)6-9)7-17-10-1-3-11(18)4-2-10/h3-4,7-8,11,14H,2,5-6,9-10,12-13H2,1H3;5-6,10-11,17-18H,1-4,7,16H2. The first-order chi connectivity index (χ1) is 21.7. The second-order valence-corrected chi connectivity index (χ2v) is 14.0. The number of amides is 1. The van der Waals surface area contributed by atoms with E-state index in [1.165, 1.54) is 27.8 Å². The zero-order valence-electron chi connectivity index (χ0n) is 25.6. The van der Waals surface area contributed by atoms with Gasteiger partial charge in [0.05, 0.1) is 24.1 Å². The topological polar surface area (TPSA) is 101 Å². The molecule has 240 valence electrons. The molecule has 2 fully saturated rings. The number of aromatic nitrogens is 1. The predicted octanol–water partition coefficient (Wildman–Crippen LogP) is 8.07. The van der Waals surface area contributed by atoms with Gasteiger partial charge in [0.2, 0.25) is 0 Å². The fourth-order valence-electron chi connectivity index (χ4n) is 6.38. The highest BCUT2D eigenvalue weighted by molar-refractivity contribution is 9.11. The molecule has 7 nitrogen and oxygen atoms in total. The number of pyridine rings is 1. The molecule has 1 saturated carbocycles. The van der Waals surface area contributed by atoms with Crippen molar-refractivity contribution in [3.63, 3.8) is 0 Å². The molecule has 3 aromatic rings. The second kappa shape index (κ2) is 15.9. The summed E-state index contributed by atoms with van der Waals surface area (Å²) >= 11 is 13.2. The lowest BCUT2D eigenvalue weighted by Crippen LogP contribution is -2.37. The Morgan fingerprint density at radius 3 is 2.53 bits per heavy atom. The highest BCUT2D eigenvalue weighted by atomic mass is 79.9. The Balaban J connectivity index is 0.000000194. The van der Waals surface area contributed by atoms with Crippen molar-refractivity contribution in [3.8, 4) is 0 Å². The molecule has 0 unspecified atom stereocenters. The molecule has 6 rings (SSSR count). The van der Waals surface area contributed by atoms with Crippen LogP contribution in [0, 0.1) is 0 Å². The number of nitrogens with two attached hydrogens (primary N) is 1. The van der Waals surface area contributed by atoms with E-state index in [1.807, 2.05) is 37.4 Å². The van der Waals surface area contributed by atoms with Crippen molar-refractivity contribution >= 4 is 60.8 Å². The van der Waals surface area contributed by atoms with E-state index in [0.29, 0.717) is 25.7 Å². The number of carbonyl (C=O) groups excluding carboxylic acids is 1. The molecule has 2 aromatic carbocycles. The van der Waals surface area contributed by atoms with Crippen LogP contribution < -0.4 is 11.1 Å². The number of likely N-dealkylation sites (tertiary alicyclic amines) is 1. The van der Waals surface area contributed by atoms with Gasteiger partial charge < -0.3 is 25.8 Å². The molecule has 2 heterocycles. The van der Waals surface area contributed by atoms with Gasteiger partial charge in [0.1, 0.15) is 0 Å². The van der Waals surface area contributed by atoms with E-state index in [-0.39, 0.29) is 12.2 Å². The number of carbonyl (C=O) groups is 1. The van der Waals surface area contributed by atoms with Crippen LogP contribution in [-0.2, 0) is 24.1 Å². The number of fused-ring (bicyclic) bond motifs is 2. The third-order valence-corrected chi connectivity index (χ3v) is 10.2. The number of aryl methyl sites for hydroxylation is 2. The lowest BCUT2D eigenvalue weighted by molar-refractivity contribution is 0.104. The fourth-order valence-corrected chi connectivity index (χ4v) is 7.88. The molecule has 0 spiro atoms. The van der Waals surface area contributed by atoms with Crippen LogP contribution in [0.1, 0.15) is 73.4 Å². The summed E-state index contributed by atoms with van der Waals surface area (Å²) in [6.07, 6.45) is 9.02. The number of aliphatic hydroxyl groups is 1. The molecule has 45 heavy (non-hydrogen) atoms. The number of hydrogen-bond donors (Lipinski definition) is 3. The first kappa shape index (κ1) is 33.9. The summed E-state index contributed by atoms with van der Waals surface area (Å²) in [5.41, 5.74) is 15.4. The summed E-state index contributed by atoms with van der Waals surface area (Å²) in [5.74, 6) is 0. The maximum Gasteiger partial charge on any atom is 0.409 e. The lowest BCUT2D eigenvalue weighted by Gasteiger charge is -2.29. The van der Waals surface area contributed by atoms with Crippen LogP contribution in [0.2, 0.25) is 5.02 Å². The van der Waals surface area contributed by atoms with Crippen LogP contribution in [-0.4, -0.2) is 52.9 Å². The molecule has 3 aliphatic rings. The van der Waals surface area contributed by atoms with Crippen LogP contribution in [0.25, 0.3) is 5.57 Å². The highest BCUT2D eigenvalue weighted by Gasteiger charge is 2.27. The zero-order valence-corrected chi connectivity index (χ0v) is 29.6. The van der Waals surface area contributed by atoms with Crippen LogP contribution in [0.15, 0.2) is 63.2 Å². The van der Waals surface area contributed by atoms with E-state index < -0.39 is 0 Å². The van der Waals surface area contributed by atoms with Gasteiger partial charge in [0.15, 0.2) is 0 Å². The van der Waals surface area contributed by atoms with E-state index in [1.54, 1.807) is 4.90 Å². The third-order valence-electron chi connectivity index (χ3n) is 8.83. The van der Waals surface area contributed by atoms with Crippen LogP contribution in [0.3, 0.4) is 0 Å². The SMILES string of the molecule is CCOC(=O)N1CCC(=C2c3ccc(Cl)cc3CCc3cccnc32)CC1.Nc1c(Br)cc(Br)cc1CNC1CCC(O)CC1. The van der Waals surface area contributed by atoms with E-state index in [9.17, 15) is 9.90 Å². The summed E-state index contributed by atoms with van der Waals surface area (Å²) in [7, 11) is 0. The Labute approximate surface area is 287 Å². The number of hydrogen-bond acceptors (Lipinski definition) is 6. The van der Waals surface area contributed by atoms with Gasteiger partial charge in [-0.15, -0.1) is 0 Å². The summed E-state index contributed by atoms with van der Waals surface area (Å²) < 4.78 is 7.10. The van der Waals surface area contributed by atoms with Gasteiger partial charge in [0.25, 0.3) is 0 Å². The normalized spacial score (nSPS) is 19.5. The average molecular weight is 761 g/mol. The van der Waals surface area contributed by atoms with Crippen LogP contribution in [0.5, 0.6) is 0 Å². The number of nitrogens with one attached hydrogen (secondary N) is 1. The van der Waals surface area contributed by atoms with Gasteiger partial charge in [-0.25, -0.2) is 4.79 Å². The Morgan fingerprint density at radius 2 is 1.80 bits per heavy atom. The molecule has 1 saturated heterocycles. The monoisotopic (exact) mass is 758 g/mol. The molecule has 0 bridgehead atoms. The van der Waals surface area contributed by atoms with E-state index in [2.05, 4.69) is 55.4 Å². The van der Waals surface area contributed by atoms with Gasteiger partial charge in [0, 0.05) is 51.4 Å². The number of halogens is 3. The first-order valence-corrected chi connectivity index (χ1v) is 17.7. The predicted molar refractivity (Wildman–Crippen MR) is 188 cm³/mol. The second-order valence-electron chi connectivity index (χ2n) is 11.8. The van der Waals surface area contributed by atoms with Crippen LogP contribution in [0.4, 0.5) is 10.5 Å². The Morgan fingerprint density at radius 1 is 1.07 bits per heavy atom. The molecular weight excluding hydrogens is 720 g/mol. The largest absolute Gasteiger partial charge is 0.450 e. The van der Waals surface area contributed by atoms with Crippen molar-refractivity contribution in [2.75, 3.05) is 25.4 Å². The molecule has 0 atom stereocenters. The maximum absolute atomic E-state index is 12.0. The number of piperidine rings is 1. The molecule has 1 amide bonds. The number of nitrogens with zero attached hydrogens (tertiary/aromatic N) is 2. The van der Waals surface area contributed by atoms with E-state index in [0.717, 1.165) is 88.8 Å². The van der Waals surface area contributed by atoms with Gasteiger partial charge in [-0.3, -0.25) is 4.98 Å². The van der Waals surface area contributed by atoms with Crippen molar-refractivity contribution < 1.29 is 14.6 Å². The molecule has 4 N–H and O–H groups in total. The summed E-state index contributed by atoms with van der Waals surface area (Å²) in [5, 5.41) is 13.8. The first-order valence-electron chi connectivity index (χ1n) is 15.7. The van der Waals surface area contributed by atoms with Crippen molar-refractivity contribution in [1.29, 1.82) is 0 Å². The summed E-state index contributed by atoms with van der Waals surface area (Å²) in [4.78, 5) is 18.6. The smallest absolute Gasteiger partial charge is 0.409 e. The fraction of sp³-hybridized carbons (Fsp3) is 0.429. The third kappa shape index (κ3) is 8.69. The minimum atomic E-state index is -0.215. The van der Waals surface area contributed by atoms with Gasteiger partial charge in [-0.1, -0.05) is 45.2 Å². The molecule has 1 aliphatic heterocycles. The number of benzene rings is 2. The zero-order chi connectivity index (χ0) is 31.9. The molecule has 0 radical (unpaired) electrons. The van der Waals surface area contributed by atoms with E-state index in [4.69, 9.17) is 27.1 Å². The highest BCUT2D eigenvalue weighted by Crippen LogP contribution is 2.38. The van der Waals surface area contributed by atoms with Crippen molar-refractivity contribution in [3.05, 3.63) is 96.2 Å². The minimum absolute atomic E-state index is 0.104. The van der Waals surface area contributed by atoms with Crippen molar-refractivity contribution in [1.82, 2.24) is 15.2 Å². The van der Waals surface area contributed by atoms with Crippen molar-refractivity contribution in [2.45, 2.75) is 77.0 Å². The quantitative estimate of drug-likeness (QED) is 0.233. The lowest BCUT2D eigenvalue weighted by atomic mass is 9.88. The van der Waals surface area contributed by atoms with Gasteiger partial charge in [-0.05, 0) is 127 Å². The molecule has 2 aliphatic carbocycles. The number of rotatable bonds is 4. The summed E-state index contributed by atoms with van der Waals surface area (Å²) in [6, 6.07) is 14.8. The van der Waals surface area contributed by atoms with Crippen LogP contribution >= 0.6 is 43.5 Å². The molecule has 10 heteroatoms. The number of anilines is 1.